The van der Waals surface area contributed by atoms with E-state index in [0.717, 1.165) is 6.42 Å². The van der Waals surface area contributed by atoms with Crippen LogP contribution in [0, 0.1) is 0 Å². The lowest BCUT2D eigenvalue weighted by molar-refractivity contribution is 0.0580. The van der Waals surface area contributed by atoms with Crippen molar-refractivity contribution >= 4 is 11.8 Å². The Morgan fingerprint density at radius 2 is 2.06 bits per heavy atom. The van der Waals surface area contributed by atoms with Gasteiger partial charge in [0.05, 0.1) is 5.69 Å². The standard InChI is InChI=1S/C14H21NO3/c1-5-9-15(13(17)18-14(2,3)4)11-7-6-8-12(16)10-11/h6-8,10,16H,5,9H2,1-4H3. The molecule has 0 heterocycles. The van der Waals surface area contributed by atoms with Crippen LogP contribution in [0.2, 0.25) is 0 Å². The van der Waals surface area contributed by atoms with E-state index in [-0.39, 0.29) is 5.75 Å². The zero-order chi connectivity index (χ0) is 13.8. The highest BCUT2D eigenvalue weighted by molar-refractivity contribution is 5.88. The third-order valence-corrected chi connectivity index (χ3v) is 2.20. The Morgan fingerprint density at radius 3 is 2.56 bits per heavy atom. The summed E-state index contributed by atoms with van der Waals surface area (Å²) in [7, 11) is 0. The van der Waals surface area contributed by atoms with Crippen LogP contribution in [0.4, 0.5) is 10.5 Å². The fourth-order valence-corrected chi connectivity index (χ4v) is 1.53. The lowest BCUT2D eigenvalue weighted by Gasteiger charge is -2.27. The van der Waals surface area contributed by atoms with E-state index in [1.807, 2.05) is 27.7 Å². The summed E-state index contributed by atoms with van der Waals surface area (Å²) in [6, 6.07) is 6.61. The van der Waals surface area contributed by atoms with E-state index in [9.17, 15) is 9.90 Å². The highest BCUT2D eigenvalue weighted by Crippen LogP contribution is 2.22. The van der Waals surface area contributed by atoms with Crippen LogP contribution < -0.4 is 4.90 Å². The third kappa shape index (κ3) is 4.28. The molecule has 0 atom stereocenters. The van der Waals surface area contributed by atoms with Crippen molar-refractivity contribution in [2.45, 2.75) is 39.7 Å². The first-order valence-corrected chi connectivity index (χ1v) is 6.13. The van der Waals surface area contributed by atoms with Gasteiger partial charge in [-0.2, -0.15) is 0 Å². The molecule has 0 aliphatic carbocycles. The number of anilines is 1. The molecule has 100 valence electrons. The van der Waals surface area contributed by atoms with Crippen LogP contribution in [-0.4, -0.2) is 23.3 Å². The van der Waals surface area contributed by atoms with E-state index in [1.165, 1.54) is 4.90 Å². The molecule has 0 bridgehead atoms. The monoisotopic (exact) mass is 251 g/mol. The Kier molecular flexibility index (Phi) is 4.59. The molecule has 0 radical (unpaired) electrons. The summed E-state index contributed by atoms with van der Waals surface area (Å²) >= 11 is 0. The molecule has 1 aromatic rings. The van der Waals surface area contributed by atoms with Crippen LogP contribution in [0.15, 0.2) is 24.3 Å². The lowest BCUT2D eigenvalue weighted by atomic mass is 10.2. The van der Waals surface area contributed by atoms with Crippen LogP contribution in [-0.2, 0) is 4.74 Å². The minimum Gasteiger partial charge on any atom is -0.508 e. The molecule has 0 aliphatic rings. The second kappa shape index (κ2) is 5.76. The molecular weight excluding hydrogens is 230 g/mol. The van der Waals surface area contributed by atoms with Crippen molar-refractivity contribution in [3.8, 4) is 5.75 Å². The van der Waals surface area contributed by atoms with Gasteiger partial charge in [-0.05, 0) is 39.3 Å². The first-order chi connectivity index (χ1) is 8.33. The zero-order valence-corrected chi connectivity index (χ0v) is 11.4. The molecule has 18 heavy (non-hydrogen) atoms. The van der Waals surface area contributed by atoms with Gasteiger partial charge in [0.25, 0.3) is 0 Å². The maximum absolute atomic E-state index is 12.1. The maximum atomic E-state index is 12.1. The second-order valence-corrected chi connectivity index (χ2v) is 5.15. The molecule has 1 rings (SSSR count). The second-order valence-electron chi connectivity index (χ2n) is 5.15. The van der Waals surface area contributed by atoms with Crippen LogP contribution in [0.3, 0.4) is 0 Å². The number of phenolic OH excluding ortho intramolecular Hbond substituents is 1. The van der Waals surface area contributed by atoms with Gasteiger partial charge in [-0.1, -0.05) is 13.0 Å². The Labute approximate surface area is 108 Å². The van der Waals surface area contributed by atoms with Gasteiger partial charge >= 0.3 is 6.09 Å². The van der Waals surface area contributed by atoms with Crippen LogP contribution >= 0.6 is 0 Å². The number of benzene rings is 1. The van der Waals surface area contributed by atoms with Crippen LogP contribution in [0.25, 0.3) is 0 Å². The highest BCUT2D eigenvalue weighted by Gasteiger charge is 2.22. The number of carbonyl (C=O) groups excluding carboxylic acids is 1. The van der Waals surface area contributed by atoms with Gasteiger partial charge in [-0.3, -0.25) is 4.90 Å². The summed E-state index contributed by atoms with van der Waals surface area (Å²) in [5.74, 6) is 0.136. The largest absolute Gasteiger partial charge is 0.508 e. The highest BCUT2D eigenvalue weighted by atomic mass is 16.6. The minimum atomic E-state index is -0.528. The number of aromatic hydroxyl groups is 1. The van der Waals surface area contributed by atoms with E-state index >= 15 is 0 Å². The Morgan fingerprint density at radius 1 is 1.39 bits per heavy atom. The molecule has 0 aliphatic heterocycles. The number of nitrogens with zero attached hydrogens (tertiary/aromatic N) is 1. The molecular formula is C14H21NO3. The molecule has 1 aromatic carbocycles. The molecule has 0 saturated heterocycles. The summed E-state index contributed by atoms with van der Waals surface area (Å²) in [5, 5.41) is 9.47. The summed E-state index contributed by atoms with van der Waals surface area (Å²) in [6.45, 7) is 8.03. The lowest BCUT2D eigenvalue weighted by Crippen LogP contribution is -2.37. The smallest absolute Gasteiger partial charge is 0.414 e. The molecule has 1 amide bonds. The van der Waals surface area contributed by atoms with Crippen molar-refractivity contribution in [1.82, 2.24) is 0 Å². The van der Waals surface area contributed by atoms with Gasteiger partial charge in [-0.25, -0.2) is 4.79 Å². The van der Waals surface area contributed by atoms with E-state index in [2.05, 4.69) is 0 Å². The molecule has 0 aromatic heterocycles. The fourth-order valence-electron chi connectivity index (χ4n) is 1.53. The van der Waals surface area contributed by atoms with Crippen molar-refractivity contribution in [3.63, 3.8) is 0 Å². The fraction of sp³-hybridized carbons (Fsp3) is 0.500. The summed E-state index contributed by atoms with van der Waals surface area (Å²) in [5.41, 5.74) is 0.117. The Hall–Kier alpha value is -1.71. The average molecular weight is 251 g/mol. The zero-order valence-electron chi connectivity index (χ0n) is 11.4. The molecule has 4 nitrogen and oxygen atoms in total. The van der Waals surface area contributed by atoms with Crippen molar-refractivity contribution in [1.29, 1.82) is 0 Å². The maximum Gasteiger partial charge on any atom is 0.414 e. The van der Waals surface area contributed by atoms with Crippen LogP contribution in [0.5, 0.6) is 5.75 Å². The van der Waals surface area contributed by atoms with Gasteiger partial charge in [0.15, 0.2) is 0 Å². The van der Waals surface area contributed by atoms with Gasteiger partial charge in [0.2, 0.25) is 0 Å². The molecule has 1 N–H and O–H groups in total. The molecule has 0 fully saturated rings. The number of rotatable bonds is 3. The summed E-state index contributed by atoms with van der Waals surface area (Å²) in [6.07, 6.45) is 0.421. The van der Waals surface area contributed by atoms with E-state index in [0.29, 0.717) is 12.2 Å². The van der Waals surface area contributed by atoms with Gasteiger partial charge in [0, 0.05) is 12.6 Å². The Balaban J connectivity index is 2.92. The number of hydrogen-bond donors (Lipinski definition) is 1. The summed E-state index contributed by atoms with van der Waals surface area (Å²) < 4.78 is 5.35. The quantitative estimate of drug-likeness (QED) is 0.893. The van der Waals surface area contributed by atoms with Crippen molar-refractivity contribution < 1.29 is 14.6 Å². The third-order valence-electron chi connectivity index (χ3n) is 2.20. The SMILES string of the molecule is CCCN(C(=O)OC(C)(C)C)c1cccc(O)c1. The first kappa shape index (κ1) is 14.4. The molecule has 0 spiro atoms. The van der Waals surface area contributed by atoms with Crippen molar-refractivity contribution in [2.24, 2.45) is 0 Å². The number of hydrogen-bond acceptors (Lipinski definition) is 3. The van der Waals surface area contributed by atoms with Crippen LogP contribution in [0.1, 0.15) is 34.1 Å². The minimum absolute atomic E-state index is 0.136. The van der Waals surface area contributed by atoms with Gasteiger partial charge in [0.1, 0.15) is 11.4 Å². The van der Waals surface area contributed by atoms with E-state index in [1.54, 1.807) is 24.3 Å². The molecule has 0 unspecified atom stereocenters. The summed E-state index contributed by atoms with van der Waals surface area (Å²) in [4.78, 5) is 13.6. The number of phenols is 1. The molecule has 4 heteroatoms. The number of carbonyl (C=O) groups is 1. The van der Waals surface area contributed by atoms with Crippen molar-refractivity contribution in [2.75, 3.05) is 11.4 Å². The predicted octanol–water partition coefficient (Wildman–Crippen LogP) is 3.54. The number of ether oxygens (including phenoxy) is 1. The normalized spacial score (nSPS) is 11.1. The average Bonchev–Trinajstić information content (AvgIpc) is 2.23. The number of amides is 1. The topological polar surface area (TPSA) is 49.8 Å². The van der Waals surface area contributed by atoms with E-state index in [4.69, 9.17) is 4.74 Å². The van der Waals surface area contributed by atoms with Gasteiger partial charge in [-0.15, -0.1) is 0 Å². The molecule has 0 saturated carbocycles. The Bertz CT molecular complexity index is 410. The van der Waals surface area contributed by atoms with E-state index < -0.39 is 11.7 Å². The first-order valence-electron chi connectivity index (χ1n) is 6.13. The van der Waals surface area contributed by atoms with Gasteiger partial charge < -0.3 is 9.84 Å². The van der Waals surface area contributed by atoms with Crippen molar-refractivity contribution in [3.05, 3.63) is 24.3 Å². The predicted molar refractivity (Wildman–Crippen MR) is 72.0 cm³/mol.